The Hall–Kier alpha value is -1.71. The number of aliphatic hydroxyl groups is 1. The molecule has 0 saturated carbocycles. The van der Waals surface area contributed by atoms with Crippen LogP contribution in [0.25, 0.3) is 0 Å². The number of ether oxygens (including phenoxy) is 2. The summed E-state index contributed by atoms with van der Waals surface area (Å²) in [7, 11) is 1.56. The van der Waals surface area contributed by atoms with Crippen molar-refractivity contribution in [3.05, 3.63) is 58.1 Å². The molecule has 0 aliphatic carbocycles. The van der Waals surface area contributed by atoms with Crippen LogP contribution in [0.3, 0.4) is 0 Å². The van der Waals surface area contributed by atoms with Gasteiger partial charge in [0.2, 0.25) is 0 Å². The molecule has 1 aliphatic rings. The van der Waals surface area contributed by atoms with Gasteiger partial charge >= 0.3 is 0 Å². The third-order valence-corrected chi connectivity index (χ3v) is 3.83. The van der Waals surface area contributed by atoms with Crippen LogP contribution in [-0.4, -0.2) is 18.8 Å². The standard InChI is InChI=1S/C16H15ClO3/c1-19-15-9-12(2-4-13(15)17)16(18)11-3-5-14-10(8-11)6-7-20-14/h2-5,8-9,16,18H,6-7H2,1H3. The Kier molecular flexibility index (Phi) is 3.55. The maximum atomic E-state index is 10.5. The van der Waals surface area contributed by atoms with Crippen LogP contribution in [-0.2, 0) is 6.42 Å². The Labute approximate surface area is 122 Å². The van der Waals surface area contributed by atoms with Gasteiger partial charge in [0.15, 0.2) is 0 Å². The summed E-state index contributed by atoms with van der Waals surface area (Å²) in [5.74, 6) is 1.47. The summed E-state index contributed by atoms with van der Waals surface area (Å²) in [6.07, 6.45) is 0.187. The second kappa shape index (κ2) is 5.35. The fourth-order valence-corrected chi connectivity index (χ4v) is 2.61. The maximum absolute atomic E-state index is 10.5. The van der Waals surface area contributed by atoms with Gasteiger partial charge in [0.25, 0.3) is 0 Å². The first kappa shape index (κ1) is 13.3. The zero-order valence-corrected chi connectivity index (χ0v) is 11.9. The van der Waals surface area contributed by atoms with E-state index < -0.39 is 6.10 Å². The van der Waals surface area contributed by atoms with E-state index in [1.54, 1.807) is 25.3 Å². The molecule has 0 saturated heterocycles. The Morgan fingerprint density at radius 2 is 1.95 bits per heavy atom. The topological polar surface area (TPSA) is 38.7 Å². The second-order valence-corrected chi connectivity index (χ2v) is 5.17. The van der Waals surface area contributed by atoms with Crippen molar-refractivity contribution in [1.82, 2.24) is 0 Å². The highest BCUT2D eigenvalue weighted by atomic mass is 35.5. The highest BCUT2D eigenvalue weighted by molar-refractivity contribution is 6.32. The molecule has 1 unspecified atom stereocenters. The van der Waals surface area contributed by atoms with Crippen LogP contribution < -0.4 is 9.47 Å². The molecule has 2 aromatic rings. The minimum absolute atomic E-state index is 0.533. The molecule has 2 aromatic carbocycles. The van der Waals surface area contributed by atoms with Gasteiger partial charge in [0.05, 0.1) is 18.7 Å². The lowest BCUT2D eigenvalue weighted by Crippen LogP contribution is -2.01. The Bertz CT molecular complexity index is 629. The molecule has 20 heavy (non-hydrogen) atoms. The van der Waals surface area contributed by atoms with Gasteiger partial charge in [-0.15, -0.1) is 0 Å². The lowest BCUT2D eigenvalue weighted by molar-refractivity contribution is 0.219. The van der Waals surface area contributed by atoms with E-state index in [-0.39, 0.29) is 0 Å². The molecule has 0 amide bonds. The lowest BCUT2D eigenvalue weighted by atomic mass is 9.99. The van der Waals surface area contributed by atoms with Crippen LogP contribution in [0.5, 0.6) is 11.5 Å². The summed E-state index contributed by atoms with van der Waals surface area (Å²) in [6.45, 7) is 0.712. The Morgan fingerprint density at radius 1 is 1.20 bits per heavy atom. The SMILES string of the molecule is COc1cc(C(O)c2ccc3c(c2)CCO3)ccc1Cl. The zero-order chi connectivity index (χ0) is 14.1. The van der Waals surface area contributed by atoms with E-state index in [0.29, 0.717) is 17.4 Å². The molecule has 4 heteroatoms. The highest BCUT2D eigenvalue weighted by Gasteiger charge is 2.17. The first-order chi connectivity index (χ1) is 9.69. The number of hydrogen-bond donors (Lipinski definition) is 1. The number of rotatable bonds is 3. The lowest BCUT2D eigenvalue weighted by Gasteiger charge is -2.14. The summed E-state index contributed by atoms with van der Waals surface area (Å²) >= 11 is 6.00. The summed E-state index contributed by atoms with van der Waals surface area (Å²) in [4.78, 5) is 0. The van der Waals surface area contributed by atoms with Gasteiger partial charge < -0.3 is 14.6 Å². The van der Waals surface area contributed by atoms with Crippen LogP contribution in [0.1, 0.15) is 22.8 Å². The van der Waals surface area contributed by atoms with Crippen LogP contribution in [0, 0.1) is 0 Å². The van der Waals surface area contributed by atoms with E-state index in [0.717, 1.165) is 28.9 Å². The van der Waals surface area contributed by atoms with Gasteiger partial charge in [-0.1, -0.05) is 23.7 Å². The molecular weight excluding hydrogens is 276 g/mol. The molecule has 0 aromatic heterocycles. The Morgan fingerprint density at radius 3 is 2.75 bits per heavy atom. The zero-order valence-electron chi connectivity index (χ0n) is 11.1. The van der Waals surface area contributed by atoms with Gasteiger partial charge in [-0.25, -0.2) is 0 Å². The number of benzene rings is 2. The van der Waals surface area contributed by atoms with E-state index in [2.05, 4.69) is 0 Å². The first-order valence-corrected chi connectivity index (χ1v) is 6.84. The van der Waals surface area contributed by atoms with E-state index >= 15 is 0 Å². The average molecular weight is 291 g/mol. The van der Waals surface area contributed by atoms with Gasteiger partial charge in [-0.3, -0.25) is 0 Å². The fraction of sp³-hybridized carbons (Fsp3) is 0.250. The molecule has 1 N–H and O–H groups in total. The van der Waals surface area contributed by atoms with Crippen molar-refractivity contribution >= 4 is 11.6 Å². The molecule has 1 atom stereocenters. The smallest absolute Gasteiger partial charge is 0.137 e. The molecule has 0 radical (unpaired) electrons. The van der Waals surface area contributed by atoms with Crippen molar-refractivity contribution < 1.29 is 14.6 Å². The molecule has 3 nitrogen and oxygen atoms in total. The van der Waals surface area contributed by atoms with E-state index in [1.807, 2.05) is 18.2 Å². The second-order valence-electron chi connectivity index (χ2n) is 4.76. The van der Waals surface area contributed by atoms with Crippen molar-refractivity contribution in [1.29, 1.82) is 0 Å². The van der Waals surface area contributed by atoms with Crippen molar-refractivity contribution in [2.75, 3.05) is 13.7 Å². The number of methoxy groups -OCH3 is 1. The summed E-state index contributed by atoms with van der Waals surface area (Å²) in [5.41, 5.74) is 2.74. The largest absolute Gasteiger partial charge is 0.495 e. The van der Waals surface area contributed by atoms with Crippen molar-refractivity contribution in [3.63, 3.8) is 0 Å². The third kappa shape index (κ3) is 2.35. The quantitative estimate of drug-likeness (QED) is 0.942. The van der Waals surface area contributed by atoms with Gasteiger partial charge in [0.1, 0.15) is 17.6 Å². The predicted octanol–water partition coefficient (Wildman–Crippen LogP) is 3.37. The minimum Gasteiger partial charge on any atom is -0.495 e. The first-order valence-electron chi connectivity index (χ1n) is 6.46. The van der Waals surface area contributed by atoms with Crippen LogP contribution in [0.15, 0.2) is 36.4 Å². The summed E-state index contributed by atoms with van der Waals surface area (Å²) < 4.78 is 10.7. The molecule has 1 aliphatic heterocycles. The minimum atomic E-state index is -0.702. The van der Waals surface area contributed by atoms with E-state index in [4.69, 9.17) is 21.1 Å². The monoisotopic (exact) mass is 290 g/mol. The maximum Gasteiger partial charge on any atom is 0.137 e. The van der Waals surface area contributed by atoms with Crippen LogP contribution >= 0.6 is 11.6 Å². The number of hydrogen-bond acceptors (Lipinski definition) is 3. The van der Waals surface area contributed by atoms with Crippen LogP contribution in [0.4, 0.5) is 0 Å². The predicted molar refractivity (Wildman–Crippen MR) is 77.7 cm³/mol. The molecule has 104 valence electrons. The summed E-state index contributed by atoms with van der Waals surface area (Å²) in [6, 6.07) is 11.1. The summed E-state index contributed by atoms with van der Waals surface area (Å²) in [5, 5.41) is 11.0. The Balaban J connectivity index is 1.94. The molecule has 0 fully saturated rings. The van der Waals surface area contributed by atoms with Crippen molar-refractivity contribution in [3.8, 4) is 11.5 Å². The van der Waals surface area contributed by atoms with Gasteiger partial charge in [-0.2, -0.15) is 0 Å². The van der Waals surface area contributed by atoms with Crippen LogP contribution in [0.2, 0.25) is 5.02 Å². The van der Waals surface area contributed by atoms with Gasteiger partial charge in [0, 0.05) is 6.42 Å². The van der Waals surface area contributed by atoms with E-state index in [1.165, 1.54) is 0 Å². The molecule has 1 heterocycles. The highest BCUT2D eigenvalue weighted by Crippen LogP contribution is 2.33. The number of aliphatic hydroxyl groups excluding tert-OH is 1. The van der Waals surface area contributed by atoms with E-state index in [9.17, 15) is 5.11 Å². The fourth-order valence-electron chi connectivity index (χ4n) is 2.42. The molecular formula is C16H15ClO3. The molecule has 0 bridgehead atoms. The normalized spacial score (nSPS) is 14.6. The number of halogens is 1. The van der Waals surface area contributed by atoms with Gasteiger partial charge in [-0.05, 0) is 41.0 Å². The molecule has 0 spiro atoms. The number of fused-ring (bicyclic) bond motifs is 1. The van der Waals surface area contributed by atoms with Crippen molar-refractivity contribution in [2.24, 2.45) is 0 Å². The molecule has 3 rings (SSSR count). The average Bonchev–Trinajstić information content (AvgIpc) is 2.94. The third-order valence-electron chi connectivity index (χ3n) is 3.52. The van der Waals surface area contributed by atoms with Crippen molar-refractivity contribution in [2.45, 2.75) is 12.5 Å².